The monoisotopic (exact) mass is 638 g/mol. The summed E-state index contributed by atoms with van der Waals surface area (Å²) in [5.74, 6) is 0. The van der Waals surface area contributed by atoms with E-state index in [1.54, 1.807) is 0 Å². The van der Waals surface area contributed by atoms with Gasteiger partial charge in [0.05, 0.1) is 0 Å². The molecular formula is C50H38. The molecule has 0 aromatic heterocycles. The second-order valence-electron chi connectivity index (χ2n) is 12.8. The molecule has 0 heteroatoms. The molecule has 7 aromatic carbocycles. The molecule has 0 saturated carbocycles. The van der Waals surface area contributed by atoms with Crippen molar-refractivity contribution < 1.29 is 0 Å². The maximum absolute atomic E-state index is 2.38. The average molecular weight is 639 g/mol. The van der Waals surface area contributed by atoms with E-state index in [2.05, 4.69) is 206 Å². The molecule has 0 N–H and O–H groups in total. The van der Waals surface area contributed by atoms with Crippen LogP contribution in [0.4, 0.5) is 0 Å². The van der Waals surface area contributed by atoms with Crippen LogP contribution in [0.25, 0.3) is 55.7 Å². The Morgan fingerprint density at radius 2 is 0.500 bits per heavy atom. The predicted molar refractivity (Wildman–Crippen MR) is 213 cm³/mol. The minimum atomic E-state index is 0.820. The molecular weight excluding hydrogens is 601 g/mol. The summed E-state index contributed by atoms with van der Waals surface area (Å²) in [6, 6.07) is 66.2. The average Bonchev–Trinajstić information content (AvgIpc) is 3.20. The van der Waals surface area contributed by atoms with Gasteiger partial charge in [0, 0.05) is 0 Å². The van der Waals surface area contributed by atoms with E-state index >= 15 is 0 Å². The fourth-order valence-corrected chi connectivity index (χ4v) is 7.10. The lowest BCUT2D eigenvalue weighted by Crippen LogP contribution is -2.30. The first-order chi connectivity index (χ1) is 24.8. The number of allylic oxidation sites excluding steroid dienone is 4. The Kier molecular flexibility index (Phi) is 8.99. The number of rotatable bonds is 6. The van der Waals surface area contributed by atoms with Crippen LogP contribution in [-0.4, -0.2) is 0 Å². The highest BCUT2D eigenvalue weighted by molar-refractivity contribution is 5.83. The van der Waals surface area contributed by atoms with Gasteiger partial charge in [0.2, 0.25) is 0 Å². The van der Waals surface area contributed by atoms with Crippen LogP contribution in [0.15, 0.2) is 206 Å². The van der Waals surface area contributed by atoms with Crippen molar-refractivity contribution in [1.29, 1.82) is 0 Å². The van der Waals surface area contributed by atoms with E-state index < -0.39 is 0 Å². The van der Waals surface area contributed by atoms with Crippen LogP contribution in [0.2, 0.25) is 0 Å². The third kappa shape index (κ3) is 6.70. The van der Waals surface area contributed by atoms with Gasteiger partial charge in [0.15, 0.2) is 0 Å². The van der Waals surface area contributed by atoms with Crippen molar-refractivity contribution in [2.24, 2.45) is 0 Å². The second-order valence-corrected chi connectivity index (χ2v) is 12.8. The highest BCUT2D eigenvalue weighted by Gasteiger charge is 2.14. The minimum Gasteiger partial charge on any atom is -0.0801 e. The maximum atomic E-state index is 2.38. The van der Waals surface area contributed by atoms with E-state index in [1.807, 2.05) is 0 Å². The van der Waals surface area contributed by atoms with Crippen LogP contribution in [0, 0.1) is 0 Å². The first-order valence-electron chi connectivity index (χ1n) is 17.5. The summed E-state index contributed by atoms with van der Waals surface area (Å²) in [5.41, 5.74) is 14.9. The van der Waals surface area contributed by atoms with Crippen molar-refractivity contribution in [1.82, 2.24) is 0 Å². The van der Waals surface area contributed by atoms with Crippen LogP contribution < -0.4 is 10.4 Å². The van der Waals surface area contributed by atoms with Crippen LogP contribution >= 0.6 is 0 Å². The third-order valence-corrected chi connectivity index (χ3v) is 9.60. The summed E-state index contributed by atoms with van der Waals surface area (Å²) in [5, 5.41) is 2.55. The number of hydrogen-bond acceptors (Lipinski definition) is 0. The lowest BCUT2D eigenvalue weighted by Gasteiger charge is -2.16. The molecule has 1 aliphatic carbocycles. The molecule has 0 atom stereocenters. The van der Waals surface area contributed by atoms with Gasteiger partial charge in [-0.2, -0.15) is 0 Å². The van der Waals surface area contributed by atoms with Gasteiger partial charge in [-0.1, -0.05) is 170 Å². The smallest absolute Gasteiger partial charge is 0.00822 e. The zero-order valence-electron chi connectivity index (χ0n) is 28.0. The normalized spacial score (nSPS) is 12.8. The van der Waals surface area contributed by atoms with Gasteiger partial charge in [0.1, 0.15) is 0 Å². The van der Waals surface area contributed by atoms with E-state index in [1.165, 1.54) is 77.2 Å². The molecule has 0 unspecified atom stereocenters. The zero-order chi connectivity index (χ0) is 33.5. The van der Waals surface area contributed by atoms with Gasteiger partial charge in [0.25, 0.3) is 0 Å². The van der Waals surface area contributed by atoms with Gasteiger partial charge in [-0.25, -0.2) is 0 Å². The van der Waals surface area contributed by atoms with E-state index in [9.17, 15) is 0 Å². The van der Waals surface area contributed by atoms with E-state index in [-0.39, 0.29) is 0 Å². The van der Waals surface area contributed by atoms with Crippen molar-refractivity contribution in [2.75, 3.05) is 0 Å². The van der Waals surface area contributed by atoms with Crippen molar-refractivity contribution in [2.45, 2.75) is 12.8 Å². The number of benzene rings is 7. The molecule has 1 aliphatic rings. The first-order valence-corrected chi connectivity index (χ1v) is 17.5. The summed E-state index contributed by atoms with van der Waals surface area (Å²) in [4.78, 5) is 0. The molecule has 0 heterocycles. The lowest BCUT2D eigenvalue weighted by molar-refractivity contribution is 1.28. The molecule has 0 aliphatic heterocycles. The molecule has 238 valence electrons. The molecule has 0 saturated heterocycles. The molecule has 0 fully saturated rings. The SMILES string of the molecule is C1=CCC(c2cc(-c3ccccc3)cc(-c3ccccc3)c2)=c2ccccc2=C(c2cc(-c3ccccc3)cc(-c3ccccc3)c2)CC=C1. The van der Waals surface area contributed by atoms with E-state index in [0.29, 0.717) is 0 Å². The van der Waals surface area contributed by atoms with Crippen molar-refractivity contribution in [3.8, 4) is 44.5 Å². The highest BCUT2D eigenvalue weighted by atomic mass is 14.2. The van der Waals surface area contributed by atoms with Gasteiger partial charge in [-0.05, 0) is 126 Å². The van der Waals surface area contributed by atoms with Gasteiger partial charge < -0.3 is 0 Å². The molecule has 0 spiro atoms. The van der Waals surface area contributed by atoms with E-state index in [4.69, 9.17) is 0 Å². The molecule has 8 rings (SSSR count). The van der Waals surface area contributed by atoms with Crippen molar-refractivity contribution in [3.63, 3.8) is 0 Å². The molecule has 0 amide bonds. The Morgan fingerprint density at radius 1 is 0.240 bits per heavy atom. The summed E-state index contributed by atoms with van der Waals surface area (Å²) in [7, 11) is 0. The van der Waals surface area contributed by atoms with Crippen molar-refractivity contribution in [3.05, 3.63) is 228 Å². The fourth-order valence-electron chi connectivity index (χ4n) is 7.10. The molecule has 0 nitrogen and oxygen atoms in total. The molecule has 7 aromatic rings. The Balaban J connectivity index is 1.43. The Hall–Kier alpha value is -6.24. The summed E-state index contributed by atoms with van der Waals surface area (Å²) in [6.45, 7) is 0. The fraction of sp³-hybridized carbons (Fsp3) is 0.0400. The predicted octanol–water partition coefficient (Wildman–Crippen LogP) is 11.7. The lowest BCUT2D eigenvalue weighted by atomic mass is 9.88. The van der Waals surface area contributed by atoms with Crippen LogP contribution in [0.3, 0.4) is 0 Å². The second kappa shape index (κ2) is 14.5. The molecule has 0 radical (unpaired) electrons. The molecule has 0 bridgehead atoms. The van der Waals surface area contributed by atoms with Crippen LogP contribution in [0.1, 0.15) is 24.0 Å². The van der Waals surface area contributed by atoms with Gasteiger partial charge in [-0.15, -0.1) is 0 Å². The Morgan fingerprint density at radius 3 is 0.800 bits per heavy atom. The quantitative estimate of drug-likeness (QED) is 0.170. The standard InChI is InChI=1S/C50H38/c1-2-16-28-48(46-35-43(39-23-11-5-12-24-39)32-44(36-46)40-25-13-6-14-26-40)50-30-18-17-29-49(50)47(27-15-1)45-33-41(37-19-7-3-8-20-37)31-42(34-45)38-21-9-4-10-22-38/h1-26,29-36H,27-28H2. The zero-order valence-corrected chi connectivity index (χ0v) is 28.0. The van der Waals surface area contributed by atoms with Crippen LogP contribution in [0.5, 0.6) is 0 Å². The van der Waals surface area contributed by atoms with Crippen LogP contribution in [-0.2, 0) is 0 Å². The number of fused-ring (bicyclic) bond motifs is 1. The summed E-state index contributed by atoms with van der Waals surface area (Å²) < 4.78 is 0. The summed E-state index contributed by atoms with van der Waals surface area (Å²) in [6.07, 6.45) is 10.7. The third-order valence-electron chi connectivity index (χ3n) is 9.60. The minimum absolute atomic E-state index is 0.820. The van der Waals surface area contributed by atoms with E-state index in [0.717, 1.165) is 12.8 Å². The first kappa shape index (κ1) is 31.1. The summed E-state index contributed by atoms with van der Waals surface area (Å²) >= 11 is 0. The van der Waals surface area contributed by atoms with Gasteiger partial charge in [-0.3, -0.25) is 0 Å². The molecule has 50 heavy (non-hydrogen) atoms. The maximum Gasteiger partial charge on any atom is -0.00822 e. The topological polar surface area (TPSA) is 0 Å². The van der Waals surface area contributed by atoms with Crippen molar-refractivity contribution >= 4 is 11.1 Å². The largest absolute Gasteiger partial charge is 0.0801 e. The number of hydrogen-bond donors (Lipinski definition) is 0. The van der Waals surface area contributed by atoms with Gasteiger partial charge >= 0.3 is 0 Å². The Bertz CT molecular complexity index is 2140. The Labute approximate surface area is 295 Å². The highest BCUT2D eigenvalue weighted by Crippen LogP contribution is 2.33.